The number of halogens is 1. The van der Waals surface area contributed by atoms with Crippen molar-refractivity contribution in [3.63, 3.8) is 0 Å². The minimum Gasteiger partial charge on any atom is -0.497 e. The molecule has 4 nitrogen and oxygen atoms in total. The summed E-state index contributed by atoms with van der Waals surface area (Å²) in [5.41, 5.74) is 1.23. The topological polar surface area (TPSA) is 50.4 Å². The molecule has 0 radical (unpaired) electrons. The third-order valence-corrected chi connectivity index (χ3v) is 3.03. The molecule has 0 aromatic heterocycles. The first-order valence-corrected chi connectivity index (χ1v) is 6.72. The van der Waals surface area contributed by atoms with Gasteiger partial charge in [0.05, 0.1) is 7.11 Å². The van der Waals surface area contributed by atoms with Gasteiger partial charge in [-0.1, -0.05) is 19.1 Å². The first-order chi connectivity index (χ1) is 9.17. The first-order valence-electron chi connectivity index (χ1n) is 6.72. The summed E-state index contributed by atoms with van der Waals surface area (Å²) in [6.07, 6.45) is 1.88. The summed E-state index contributed by atoms with van der Waals surface area (Å²) >= 11 is 0. The summed E-state index contributed by atoms with van der Waals surface area (Å²) in [6.45, 7) is 3.35. The van der Waals surface area contributed by atoms with E-state index >= 15 is 0 Å². The summed E-state index contributed by atoms with van der Waals surface area (Å²) in [4.78, 5) is 11.7. The highest BCUT2D eigenvalue weighted by Gasteiger charge is 2.10. The van der Waals surface area contributed by atoms with Crippen LogP contribution in [-0.2, 0) is 11.2 Å². The van der Waals surface area contributed by atoms with Crippen LogP contribution in [-0.4, -0.2) is 33.2 Å². The van der Waals surface area contributed by atoms with Gasteiger partial charge in [0.1, 0.15) is 5.75 Å². The number of carbonyl (C=O) groups excluding carboxylic acids is 1. The lowest BCUT2D eigenvalue weighted by atomic mass is 10.1. The van der Waals surface area contributed by atoms with Crippen molar-refractivity contribution in [2.24, 2.45) is 5.92 Å². The number of rotatable bonds is 8. The van der Waals surface area contributed by atoms with Crippen molar-refractivity contribution in [1.29, 1.82) is 0 Å². The molecule has 0 saturated carbocycles. The van der Waals surface area contributed by atoms with E-state index in [0.717, 1.165) is 18.6 Å². The van der Waals surface area contributed by atoms with Gasteiger partial charge in [0.25, 0.3) is 0 Å². The molecule has 1 atom stereocenters. The van der Waals surface area contributed by atoms with Crippen molar-refractivity contribution in [3.8, 4) is 5.75 Å². The number of carbonyl (C=O) groups is 1. The van der Waals surface area contributed by atoms with Crippen LogP contribution in [0, 0.1) is 5.92 Å². The maximum Gasteiger partial charge on any atom is 0.224 e. The second-order valence-corrected chi connectivity index (χ2v) is 4.70. The van der Waals surface area contributed by atoms with E-state index < -0.39 is 0 Å². The van der Waals surface area contributed by atoms with Gasteiger partial charge < -0.3 is 15.4 Å². The van der Waals surface area contributed by atoms with E-state index in [0.29, 0.717) is 13.1 Å². The Morgan fingerprint density at radius 3 is 2.80 bits per heavy atom. The fraction of sp³-hybridized carbons (Fsp3) is 0.533. The number of ether oxygens (including phenoxy) is 1. The molecule has 0 spiro atoms. The standard InChI is InChI=1S/C15H24N2O2.ClH/c1-12(11-16-2)15(18)17-9-5-7-13-6-4-8-14(10-13)19-3;/h4,6,8,10,12,16H,5,7,9,11H2,1-3H3,(H,17,18);1H. The molecule has 1 unspecified atom stereocenters. The summed E-state index contributed by atoms with van der Waals surface area (Å²) in [5.74, 6) is 1.01. The summed E-state index contributed by atoms with van der Waals surface area (Å²) in [6, 6.07) is 8.03. The highest BCUT2D eigenvalue weighted by atomic mass is 35.5. The molecule has 0 aliphatic heterocycles. The lowest BCUT2D eigenvalue weighted by molar-refractivity contribution is -0.124. The molecule has 20 heavy (non-hydrogen) atoms. The van der Waals surface area contributed by atoms with E-state index in [1.54, 1.807) is 7.11 Å². The predicted octanol–water partition coefficient (Wildman–Crippen LogP) is 2.02. The SMILES string of the molecule is CNCC(C)C(=O)NCCCc1cccc(OC)c1.Cl. The van der Waals surface area contributed by atoms with E-state index in [1.807, 2.05) is 32.2 Å². The lowest BCUT2D eigenvalue weighted by Crippen LogP contribution is -2.34. The second kappa shape index (κ2) is 10.5. The van der Waals surface area contributed by atoms with Crippen LogP contribution in [0.4, 0.5) is 0 Å². The van der Waals surface area contributed by atoms with Crippen molar-refractivity contribution in [2.75, 3.05) is 27.2 Å². The number of nitrogens with one attached hydrogen (secondary N) is 2. The molecule has 2 N–H and O–H groups in total. The summed E-state index contributed by atoms with van der Waals surface area (Å²) < 4.78 is 5.18. The van der Waals surface area contributed by atoms with Crippen LogP contribution in [0.15, 0.2) is 24.3 Å². The van der Waals surface area contributed by atoms with Gasteiger partial charge in [-0.25, -0.2) is 0 Å². The monoisotopic (exact) mass is 300 g/mol. The zero-order chi connectivity index (χ0) is 14.1. The van der Waals surface area contributed by atoms with Crippen molar-refractivity contribution in [1.82, 2.24) is 10.6 Å². The van der Waals surface area contributed by atoms with E-state index in [2.05, 4.69) is 16.7 Å². The van der Waals surface area contributed by atoms with Crippen LogP contribution < -0.4 is 15.4 Å². The zero-order valence-electron chi connectivity index (χ0n) is 12.4. The maximum absolute atomic E-state index is 11.7. The third-order valence-electron chi connectivity index (χ3n) is 3.03. The molecule has 1 amide bonds. The number of benzene rings is 1. The van der Waals surface area contributed by atoms with Gasteiger partial charge in [0.2, 0.25) is 5.91 Å². The normalized spacial score (nSPS) is 11.3. The quantitative estimate of drug-likeness (QED) is 0.722. The minimum atomic E-state index is 0. The number of hydrogen-bond acceptors (Lipinski definition) is 3. The fourth-order valence-electron chi connectivity index (χ4n) is 1.91. The largest absolute Gasteiger partial charge is 0.497 e. The molecule has 0 saturated heterocycles. The highest BCUT2D eigenvalue weighted by molar-refractivity contribution is 5.85. The lowest BCUT2D eigenvalue weighted by Gasteiger charge is -2.11. The minimum absolute atomic E-state index is 0. The average Bonchev–Trinajstić information content (AvgIpc) is 2.43. The number of methoxy groups -OCH3 is 1. The van der Waals surface area contributed by atoms with Gasteiger partial charge in [-0.15, -0.1) is 12.4 Å². The molecule has 1 rings (SSSR count). The first kappa shape index (κ1) is 18.7. The Hall–Kier alpha value is -1.26. The van der Waals surface area contributed by atoms with E-state index in [-0.39, 0.29) is 24.2 Å². The molecule has 0 bridgehead atoms. The van der Waals surface area contributed by atoms with Crippen molar-refractivity contribution >= 4 is 18.3 Å². The average molecular weight is 301 g/mol. The third kappa shape index (κ3) is 6.78. The van der Waals surface area contributed by atoms with Crippen LogP contribution in [0.5, 0.6) is 5.75 Å². The molecule has 0 fully saturated rings. The Balaban J connectivity index is 0.00000361. The number of amides is 1. The molecular weight excluding hydrogens is 276 g/mol. The second-order valence-electron chi connectivity index (χ2n) is 4.70. The Labute approximate surface area is 127 Å². The predicted molar refractivity (Wildman–Crippen MR) is 84.7 cm³/mol. The molecule has 5 heteroatoms. The summed E-state index contributed by atoms with van der Waals surface area (Å²) in [7, 11) is 3.52. The van der Waals surface area contributed by atoms with Crippen LogP contribution in [0.1, 0.15) is 18.9 Å². The van der Waals surface area contributed by atoms with Crippen LogP contribution in [0.25, 0.3) is 0 Å². The smallest absolute Gasteiger partial charge is 0.224 e. The van der Waals surface area contributed by atoms with Gasteiger partial charge in [0.15, 0.2) is 0 Å². The fourth-order valence-corrected chi connectivity index (χ4v) is 1.91. The van der Waals surface area contributed by atoms with Crippen LogP contribution in [0.2, 0.25) is 0 Å². The van der Waals surface area contributed by atoms with Gasteiger partial charge in [0, 0.05) is 19.0 Å². The highest BCUT2D eigenvalue weighted by Crippen LogP contribution is 2.13. The van der Waals surface area contributed by atoms with Crippen LogP contribution >= 0.6 is 12.4 Å². The van der Waals surface area contributed by atoms with Crippen molar-refractivity contribution in [3.05, 3.63) is 29.8 Å². The number of hydrogen-bond donors (Lipinski definition) is 2. The van der Waals surface area contributed by atoms with Gasteiger partial charge in [-0.3, -0.25) is 4.79 Å². The Morgan fingerprint density at radius 1 is 1.40 bits per heavy atom. The number of aryl methyl sites for hydroxylation is 1. The Bertz CT molecular complexity index is 399. The van der Waals surface area contributed by atoms with Gasteiger partial charge in [-0.05, 0) is 37.6 Å². The zero-order valence-corrected chi connectivity index (χ0v) is 13.3. The Morgan fingerprint density at radius 2 is 2.15 bits per heavy atom. The maximum atomic E-state index is 11.7. The van der Waals surface area contributed by atoms with E-state index in [1.165, 1.54) is 5.56 Å². The summed E-state index contributed by atoms with van der Waals surface area (Å²) in [5, 5.41) is 5.96. The van der Waals surface area contributed by atoms with E-state index in [9.17, 15) is 4.79 Å². The molecular formula is C15H25ClN2O2. The van der Waals surface area contributed by atoms with E-state index in [4.69, 9.17) is 4.74 Å². The molecule has 114 valence electrons. The van der Waals surface area contributed by atoms with Crippen molar-refractivity contribution < 1.29 is 9.53 Å². The van der Waals surface area contributed by atoms with Gasteiger partial charge in [-0.2, -0.15) is 0 Å². The Kier molecular flexibility index (Phi) is 9.86. The molecule has 1 aromatic rings. The molecule has 0 heterocycles. The molecule has 0 aliphatic rings. The van der Waals surface area contributed by atoms with Gasteiger partial charge >= 0.3 is 0 Å². The molecule has 0 aliphatic carbocycles. The molecule has 1 aromatic carbocycles. The van der Waals surface area contributed by atoms with Crippen LogP contribution in [0.3, 0.4) is 0 Å². The van der Waals surface area contributed by atoms with Crippen molar-refractivity contribution in [2.45, 2.75) is 19.8 Å².